The van der Waals surface area contributed by atoms with Gasteiger partial charge in [0, 0.05) is 25.2 Å². The van der Waals surface area contributed by atoms with Crippen molar-refractivity contribution in [3.63, 3.8) is 0 Å². The van der Waals surface area contributed by atoms with E-state index in [1.165, 1.54) is 25.7 Å². The fourth-order valence-corrected chi connectivity index (χ4v) is 2.17. The standard InChI is InChI=1S/C12H26N2O/c1-10(11(2)15)13-8-9-14(3)12-6-4-5-7-12/h10-13,15H,4-9H2,1-3H3. The van der Waals surface area contributed by atoms with Gasteiger partial charge in [0.2, 0.25) is 0 Å². The molecule has 0 radical (unpaired) electrons. The lowest BCUT2D eigenvalue weighted by atomic mass is 10.2. The second kappa shape index (κ2) is 6.46. The first-order valence-electron chi connectivity index (χ1n) is 6.23. The Balaban J connectivity index is 2.08. The van der Waals surface area contributed by atoms with Gasteiger partial charge in [-0.1, -0.05) is 12.8 Å². The van der Waals surface area contributed by atoms with Crippen LogP contribution in [0.3, 0.4) is 0 Å². The number of nitrogens with zero attached hydrogens (tertiary/aromatic N) is 1. The Bertz CT molecular complexity index is 167. The molecule has 15 heavy (non-hydrogen) atoms. The summed E-state index contributed by atoms with van der Waals surface area (Å²) in [6, 6.07) is 0.996. The molecular weight excluding hydrogens is 188 g/mol. The first-order valence-corrected chi connectivity index (χ1v) is 6.23. The van der Waals surface area contributed by atoms with Crippen molar-refractivity contribution >= 4 is 0 Å². The summed E-state index contributed by atoms with van der Waals surface area (Å²) < 4.78 is 0. The lowest BCUT2D eigenvalue weighted by molar-refractivity contribution is 0.148. The second-order valence-corrected chi connectivity index (χ2v) is 4.90. The molecule has 1 saturated carbocycles. The molecule has 1 rings (SSSR count). The molecule has 2 atom stereocenters. The lowest BCUT2D eigenvalue weighted by Gasteiger charge is -2.25. The minimum Gasteiger partial charge on any atom is -0.392 e. The van der Waals surface area contributed by atoms with Gasteiger partial charge in [-0.3, -0.25) is 0 Å². The van der Waals surface area contributed by atoms with Crippen molar-refractivity contribution in [1.82, 2.24) is 10.2 Å². The SMILES string of the molecule is CC(O)C(C)NCCN(C)C1CCCC1. The van der Waals surface area contributed by atoms with Crippen LogP contribution in [-0.2, 0) is 0 Å². The normalized spacial score (nSPS) is 22.2. The number of aliphatic hydroxyl groups excluding tert-OH is 1. The van der Waals surface area contributed by atoms with Crippen molar-refractivity contribution in [2.45, 2.75) is 57.7 Å². The van der Waals surface area contributed by atoms with Crippen molar-refractivity contribution in [2.75, 3.05) is 20.1 Å². The minimum atomic E-state index is -0.262. The topological polar surface area (TPSA) is 35.5 Å². The highest BCUT2D eigenvalue weighted by atomic mass is 16.3. The first kappa shape index (κ1) is 12.9. The zero-order valence-electron chi connectivity index (χ0n) is 10.4. The smallest absolute Gasteiger partial charge is 0.0662 e. The number of likely N-dealkylation sites (N-methyl/N-ethyl adjacent to an activating group) is 1. The Hall–Kier alpha value is -0.120. The van der Waals surface area contributed by atoms with Crippen LogP contribution in [0.15, 0.2) is 0 Å². The molecule has 0 saturated heterocycles. The van der Waals surface area contributed by atoms with Crippen LogP contribution in [0.2, 0.25) is 0 Å². The van der Waals surface area contributed by atoms with E-state index >= 15 is 0 Å². The number of hydrogen-bond donors (Lipinski definition) is 2. The summed E-state index contributed by atoms with van der Waals surface area (Å²) in [5, 5.41) is 12.7. The van der Waals surface area contributed by atoms with E-state index in [1.54, 1.807) is 0 Å². The highest BCUT2D eigenvalue weighted by molar-refractivity contribution is 4.76. The summed E-state index contributed by atoms with van der Waals surface area (Å²) in [5.41, 5.74) is 0. The third-order valence-corrected chi connectivity index (χ3v) is 3.60. The van der Waals surface area contributed by atoms with Crippen LogP contribution < -0.4 is 5.32 Å². The van der Waals surface area contributed by atoms with E-state index in [0.29, 0.717) is 0 Å². The van der Waals surface area contributed by atoms with Gasteiger partial charge in [-0.2, -0.15) is 0 Å². The molecule has 1 aliphatic carbocycles. The molecule has 0 heterocycles. The predicted molar refractivity (Wildman–Crippen MR) is 64.0 cm³/mol. The van der Waals surface area contributed by atoms with Crippen LogP contribution in [-0.4, -0.2) is 48.3 Å². The maximum atomic E-state index is 9.32. The molecule has 0 aromatic heterocycles. The Morgan fingerprint density at radius 3 is 2.47 bits per heavy atom. The summed E-state index contributed by atoms with van der Waals surface area (Å²) in [4.78, 5) is 2.45. The number of aliphatic hydroxyl groups is 1. The number of nitrogens with one attached hydrogen (secondary N) is 1. The molecule has 0 aliphatic heterocycles. The fourth-order valence-electron chi connectivity index (χ4n) is 2.17. The predicted octanol–water partition coefficient (Wildman–Crippen LogP) is 1.22. The van der Waals surface area contributed by atoms with Gasteiger partial charge in [0.25, 0.3) is 0 Å². The van der Waals surface area contributed by atoms with Crippen LogP contribution in [0.1, 0.15) is 39.5 Å². The molecular formula is C12H26N2O. The average molecular weight is 214 g/mol. The third-order valence-electron chi connectivity index (χ3n) is 3.60. The maximum Gasteiger partial charge on any atom is 0.0662 e. The van der Waals surface area contributed by atoms with Gasteiger partial charge >= 0.3 is 0 Å². The maximum absolute atomic E-state index is 9.32. The summed E-state index contributed by atoms with van der Waals surface area (Å²) in [7, 11) is 2.21. The van der Waals surface area contributed by atoms with Crippen molar-refractivity contribution in [3.8, 4) is 0 Å². The van der Waals surface area contributed by atoms with Crippen molar-refractivity contribution in [1.29, 1.82) is 0 Å². The van der Waals surface area contributed by atoms with E-state index in [0.717, 1.165) is 19.1 Å². The van der Waals surface area contributed by atoms with Gasteiger partial charge in [0.1, 0.15) is 0 Å². The quantitative estimate of drug-likeness (QED) is 0.698. The molecule has 2 N–H and O–H groups in total. The van der Waals surface area contributed by atoms with Crippen LogP contribution in [0.25, 0.3) is 0 Å². The van der Waals surface area contributed by atoms with Crippen LogP contribution >= 0.6 is 0 Å². The second-order valence-electron chi connectivity index (χ2n) is 4.90. The third kappa shape index (κ3) is 4.49. The van der Waals surface area contributed by atoms with Crippen LogP contribution in [0.4, 0.5) is 0 Å². The van der Waals surface area contributed by atoms with Crippen molar-refractivity contribution < 1.29 is 5.11 Å². The van der Waals surface area contributed by atoms with E-state index < -0.39 is 0 Å². The van der Waals surface area contributed by atoms with Gasteiger partial charge in [-0.15, -0.1) is 0 Å². The van der Waals surface area contributed by atoms with Gasteiger partial charge in [-0.25, -0.2) is 0 Å². The fraction of sp³-hybridized carbons (Fsp3) is 1.00. The molecule has 0 aromatic rings. The van der Waals surface area contributed by atoms with Crippen molar-refractivity contribution in [3.05, 3.63) is 0 Å². The Labute approximate surface area is 93.9 Å². The van der Waals surface area contributed by atoms with E-state index in [-0.39, 0.29) is 12.1 Å². The van der Waals surface area contributed by atoms with Crippen LogP contribution in [0, 0.1) is 0 Å². The first-order chi connectivity index (χ1) is 7.11. The van der Waals surface area contributed by atoms with Gasteiger partial charge in [-0.05, 0) is 33.7 Å². The van der Waals surface area contributed by atoms with E-state index in [9.17, 15) is 5.11 Å². The van der Waals surface area contributed by atoms with Crippen molar-refractivity contribution in [2.24, 2.45) is 0 Å². The van der Waals surface area contributed by atoms with E-state index in [4.69, 9.17) is 0 Å². The largest absolute Gasteiger partial charge is 0.392 e. The molecule has 0 aromatic carbocycles. The number of hydrogen-bond acceptors (Lipinski definition) is 3. The zero-order valence-corrected chi connectivity index (χ0v) is 10.4. The van der Waals surface area contributed by atoms with E-state index in [2.05, 4.69) is 17.3 Å². The summed E-state index contributed by atoms with van der Waals surface area (Å²) in [6.07, 6.45) is 5.26. The lowest BCUT2D eigenvalue weighted by Crippen LogP contribution is -2.41. The molecule has 3 nitrogen and oxygen atoms in total. The highest BCUT2D eigenvalue weighted by Gasteiger charge is 2.19. The molecule has 2 unspecified atom stereocenters. The molecule has 0 bridgehead atoms. The summed E-state index contributed by atoms with van der Waals surface area (Å²) in [5.74, 6) is 0. The Morgan fingerprint density at radius 1 is 1.33 bits per heavy atom. The van der Waals surface area contributed by atoms with Gasteiger partial charge in [0.15, 0.2) is 0 Å². The Kier molecular flexibility index (Phi) is 5.58. The molecule has 1 aliphatic rings. The minimum absolute atomic E-state index is 0.196. The zero-order chi connectivity index (χ0) is 11.3. The molecule has 3 heteroatoms. The molecule has 0 spiro atoms. The monoisotopic (exact) mass is 214 g/mol. The molecule has 90 valence electrons. The van der Waals surface area contributed by atoms with Gasteiger partial charge in [0.05, 0.1) is 6.10 Å². The number of rotatable bonds is 6. The molecule has 0 amide bonds. The molecule has 1 fully saturated rings. The summed E-state index contributed by atoms with van der Waals surface area (Å²) in [6.45, 7) is 5.92. The average Bonchev–Trinajstić information content (AvgIpc) is 2.70. The highest BCUT2D eigenvalue weighted by Crippen LogP contribution is 2.21. The van der Waals surface area contributed by atoms with E-state index in [1.807, 2.05) is 13.8 Å². The van der Waals surface area contributed by atoms with Gasteiger partial charge < -0.3 is 15.3 Å². The van der Waals surface area contributed by atoms with Crippen LogP contribution in [0.5, 0.6) is 0 Å². The Morgan fingerprint density at radius 2 is 1.93 bits per heavy atom. The summed E-state index contributed by atoms with van der Waals surface area (Å²) >= 11 is 0.